The molecule has 0 unspecified atom stereocenters. The van der Waals surface area contributed by atoms with E-state index in [1.54, 1.807) is 6.92 Å². The predicted octanol–water partition coefficient (Wildman–Crippen LogP) is 1.86. The fraction of sp³-hybridized carbons (Fsp3) is 0.556. The van der Waals surface area contributed by atoms with E-state index in [2.05, 4.69) is 4.98 Å². The third kappa shape index (κ3) is 2.48. The Labute approximate surface area is 81.7 Å². The Kier molecular flexibility index (Phi) is 3.50. The zero-order valence-corrected chi connectivity index (χ0v) is 8.24. The van der Waals surface area contributed by atoms with Crippen molar-refractivity contribution in [2.75, 3.05) is 6.61 Å². The van der Waals surface area contributed by atoms with Gasteiger partial charge in [-0.1, -0.05) is 13.3 Å². The smallest absolute Gasteiger partial charge is 0.392 e. The van der Waals surface area contributed by atoms with Gasteiger partial charge in [0.25, 0.3) is 0 Å². The largest absolute Gasteiger partial charge is 0.474 e. The van der Waals surface area contributed by atoms with Crippen molar-refractivity contribution < 1.29 is 19.1 Å². The molecule has 0 atom stereocenters. The molecule has 0 spiro atoms. The average Bonchev–Trinajstić information content (AvgIpc) is 2.49. The summed E-state index contributed by atoms with van der Waals surface area (Å²) >= 11 is 0. The van der Waals surface area contributed by atoms with E-state index in [-0.39, 0.29) is 11.8 Å². The number of carboxylic acid groups (broad SMARTS) is 1. The van der Waals surface area contributed by atoms with Gasteiger partial charge < -0.3 is 14.3 Å². The first-order chi connectivity index (χ1) is 6.65. The third-order valence-electron chi connectivity index (χ3n) is 1.67. The molecule has 0 aliphatic heterocycles. The molecule has 0 aliphatic rings. The van der Waals surface area contributed by atoms with Gasteiger partial charge in [-0.05, 0) is 13.3 Å². The lowest BCUT2D eigenvalue weighted by atomic mass is 10.4. The summed E-state index contributed by atoms with van der Waals surface area (Å²) in [4.78, 5) is 14.2. The van der Waals surface area contributed by atoms with Gasteiger partial charge >= 0.3 is 17.8 Å². The van der Waals surface area contributed by atoms with Crippen molar-refractivity contribution in [3.63, 3.8) is 0 Å². The molecule has 0 aliphatic carbocycles. The standard InChI is InChI=1S/C9H13NO4/c1-3-4-5-13-9-6(2)10-7(14-9)8(11)12/h3-5H2,1-2H3,(H,11,12). The van der Waals surface area contributed by atoms with E-state index in [1.165, 1.54) is 0 Å². The van der Waals surface area contributed by atoms with Crippen LogP contribution in [-0.2, 0) is 0 Å². The maximum atomic E-state index is 10.5. The van der Waals surface area contributed by atoms with E-state index >= 15 is 0 Å². The number of rotatable bonds is 5. The minimum absolute atomic E-state index is 0.204. The molecule has 78 valence electrons. The highest BCUT2D eigenvalue weighted by molar-refractivity contribution is 5.82. The van der Waals surface area contributed by atoms with Crippen LogP contribution in [0, 0.1) is 6.92 Å². The van der Waals surface area contributed by atoms with Crippen LogP contribution in [0.15, 0.2) is 4.42 Å². The number of nitrogens with zero attached hydrogens (tertiary/aromatic N) is 1. The van der Waals surface area contributed by atoms with E-state index in [9.17, 15) is 4.79 Å². The molecular weight excluding hydrogens is 186 g/mol. The first-order valence-corrected chi connectivity index (χ1v) is 4.48. The Bertz CT molecular complexity index is 319. The number of carboxylic acids is 1. The number of aromatic carboxylic acids is 1. The molecule has 0 bridgehead atoms. The van der Waals surface area contributed by atoms with Gasteiger partial charge in [-0.3, -0.25) is 0 Å². The Hall–Kier alpha value is -1.52. The van der Waals surface area contributed by atoms with Crippen LogP contribution in [-0.4, -0.2) is 22.7 Å². The lowest BCUT2D eigenvalue weighted by molar-refractivity contribution is 0.0644. The van der Waals surface area contributed by atoms with Gasteiger partial charge in [0.2, 0.25) is 0 Å². The molecule has 0 fully saturated rings. The van der Waals surface area contributed by atoms with Crippen LogP contribution in [0.5, 0.6) is 5.95 Å². The van der Waals surface area contributed by atoms with Gasteiger partial charge in [0.1, 0.15) is 5.69 Å². The molecule has 0 aromatic carbocycles. The highest BCUT2D eigenvalue weighted by Gasteiger charge is 2.15. The number of hydrogen-bond donors (Lipinski definition) is 1. The molecule has 1 rings (SSSR count). The molecule has 0 amide bonds. The SMILES string of the molecule is CCCCOc1oc(C(=O)O)nc1C. The summed E-state index contributed by atoms with van der Waals surface area (Å²) in [7, 11) is 0. The third-order valence-corrected chi connectivity index (χ3v) is 1.67. The Morgan fingerprint density at radius 1 is 1.64 bits per heavy atom. The van der Waals surface area contributed by atoms with Crippen molar-refractivity contribution in [2.45, 2.75) is 26.7 Å². The number of oxazole rings is 1. The zero-order chi connectivity index (χ0) is 10.6. The van der Waals surface area contributed by atoms with Crippen LogP contribution in [0.2, 0.25) is 0 Å². The summed E-state index contributed by atoms with van der Waals surface area (Å²) in [5.41, 5.74) is 0.471. The van der Waals surface area contributed by atoms with Crippen LogP contribution >= 0.6 is 0 Å². The van der Waals surface area contributed by atoms with Crippen LogP contribution in [0.4, 0.5) is 0 Å². The van der Waals surface area contributed by atoms with Crippen LogP contribution in [0.3, 0.4) is 0 Å². The average molecular weight is 199 g/mol. The second-order valence-corrected chi connectivity index (χ2v) is 2.90. The maximum Gasteiger partial charge on any atom is 0.392 e. The molecule has 5 heteroatoms. The van der Waals surface area contributed by atoms with E-state index < -0.39 is 5.97 Å². The van der Waals surface area contributed by atoms with Crippen LogP contribution in [0.1, 0.15) is 36.1 Å². The summed E-state index contributed by atoms with van der Waals surface area (Å²) < 4.78 is 10.1. The summed E-state index contributed by atoms with van der Waals surface area (Å²) in [6.45, 7) is 4.21. The molecular formula is C9H13NO4. The highest BCUT2D eigenvalue weighted by atomic mass is 16.6. The van der Waals surface area contributed by atoms with Crippen LogP contribution < -0.4 is 4.74 Å². The van der Waals surface area contributed by atoms with Crippen molar-refractivity contribution in [3.8, 4) is 5.95 Å². The monoisotopic (exact) mass is 199 g/mol. The fourth-order valence-electron chi connectivity index (χ4n) is 0.917. The Morgan fingerprint density at radius 3 is 2.86 bits per heavy atom. The predicted molar refractivity (Wildman–Crippen MR) is 48.6 cm³/mol. The molecule has 0 saturated heterocycles. The molecule has 14 heavy (non-hydrogen) atoms. The zero-order valence-electron chi connectivity index (χ0n) is 8.24. The van der Waals surface area contributed by atoms with E-state index in [0.717, 1.165) is 12.8 Å². The Morgan fingerprint density at radius 2 is 2.36 bits per heavy atom. The number of hydrogen-bond acceptors (Lipinski definition) is 4. The van der Waals surface area contributed by atoms with Crippen molar-refractivity contribution in [3.05, 3.63) is 11.6 Å². The summed E-state index contributed by atoms with van der Waals surface area (Å²) in [6, 6.07) is 0. The van der Waals surface area contributed by atoms with Crippen molar-refractivity contribution >= 4 is 5.97 Å². The topological polar surface area (TPSA) is 72.6 Å². The minimum Gasteiger partial charge on any atom is -0.474 e. The van der Waals surface area contributed by atoms with Crippen molar-refractivity contribution in [2.24, 2.45) is 0 Å². The number of unbranched alkanes of at least 4 members (excludes halogenated alkanes) is 1. The van der Waals surface area contributed by atoms with Crippen molar-refractivity contribution in [1.29, 1.82) is 0 Å². The lowest BCUT2D eigenvalue weighted by Crippen LogP contribution is -1.96. The first kappa shape index (κ1) is 10.6. The van der Waals surface area contributed by atoms with Gasteiger partial charge in [0.05, 0.1) is 6.61 Å². The molecule has 1 aromatic rings. The molecule has 5 nitrogen and oxygen atoms in total. The normalized spacial score (nSPS) is 10.1. The minimum atomic E-state index is -1.18. The quantitative estimate of drug-likeness (QED) is 0.732. The summed E-state index contributed by atoms with van der Waals surface area (Å²) in [5.74, 6) is -1.30. The van der Waals surface area contributed by atoms with Crippen molar-refractivity contribution in [1.82, 2.24) is 4.98 Å². The second kappa shape index (κ2) is 4.64. The van der Waals surface area contributed by atoms with E-state index in [1.807, 2.05) is 6.92 Å². The molecule has 0 saturated carbocycles. The molecule has 1 aromatic heterocycles. The molecule has 1 N–H and O–H groups in total. The van der Waals surface area contributed by atoms with Crippen LogP contribution in [0.25, 0.3) is 0 Å². The number of carbonyl (C=O) groups is 1. The number of ether oxygens (including phenoxy) is 1. The summed E-state index contributed by atoms with van der Waals surface area (Å²) in [6.07, 6.45) is 1.92. The number of aryl methyl sites for hydroxylation is 1. The van der Waals surface area contributed by atoms with Gasteiger partial charge in [-0.2, -0.15) is 0 Å². The van der Waals surface area contributed by atoms with E-state index in [0.29, 0.717) is 12.3 Å². The molecule has 0 radical (unpaired) electrons. The second-order valence-electron chi connectivity index (χ2n) is 2.90. The highest BCUT2D eigenvalue weighted by Crippen LogP contribution is 2.19. The first-order valence-electron chi connectivity index (χ1n) is 4.48. The van der Waals surface area contributed by atoms with Gasteiger partial charge in [0.15, 0.2) is 0 Å². The lowest BCUT2D eigenvalue weighted by Gasteiger charge is -1.99. The van der Waals surface area contributed by atoms with E-state index in [4.69, 9.17) is 14.3 Å². The fourth-order valence-corrected chi connectivity index (χ4v) is 0.917. The maximum absolute atomic E-state index is 10.5. The Balaban J connectivity index is 2.63. The summed E-state index contributed by atoms with van der Waals surface area (Å²) in [5, 5.41) is 8.58. The van der Waals surface area contributed by atoms with Gasteiger partial charge in [0, 0.05) is 0 Å². The number of aromatic nitrogens is 1. The van der Waals surface area contributed by atoms with Gasteiger partial charge in [-0.25, -0.2) is 9.78 Å². The molecule has 1 heterocycles. The van der Waals surface area contributed by atoms with Gasteiger partial charge in [-0.15, -0.1) is 0 Å².